The molecule has 0 saturated carbocycles. The molecule has 0 radical (unpaired) electrons. The minimum absolute atomic E-state index is 0.0446. The second kappa shape index (κ2) is 6.73. The lowest BCUT2D eigenvalue weighted by Gasteiger charge is -2.07. The van der Waals surface area contributed by atoms with E-state index in [1.54, 1.807) is 17.9 Å². The molecule has 0 aliphatic rings. The van der Waals surface area contributed by atoms with Crippen LogP contribution in [0.3, 0.4) is 0 Å². The highest BCUT2D eigenvalue weighted by Crippen LogP contribution is 2.15. The standard InChI is InChI=1S/C16H17N3O2/c1-12-6-7-14(9-13(12)5-3-4-8-20)18-16(21)15-10-17-11-19(15)2/h6-7,9-11,20H,4,8H2,1-2H3,(H,18,21). The molecule has 0 bridgehead atoms. The largest absolute Gasteiger partial charge is 0.395 e. The van der Waals surface area contributed by atoms with Crippen LogP contribution in [0.4, 0.5) is 5.69 Å². The number of anilines is 1. The summed E-state index contributed by atoms with van der Waals surface area (Å²) < 4.78 is 1.66. The zero-order chi connectivity index (χ0) is 15.2. The Balaban J connectivity index is 2.18. The van der Waals surface area contributed by atoms with Gasteiger partial charge in [0, 0.05) is 24.7 Å². The van der Waals surface area contributed by atoms with Crippen molar-refractivity contribution < 1.29 is 9.90 Å². The van der Waals surface area contributed by atoms with Crippen LogP contribution < -0.4 is 5.32 Å². The molecule has 0 saturated heterocycles. The normalized spacial score (nSPS) is 9.86. The number of hydrogen-bond acceptors (Lipinski definition) is 3. The van der Waals surface area contributed by atoms with Gasteiger partial charge in [-0.05, 0) is 24.6 Å². The Kier molecular flexibility index (Phi) is 4.75. The molecule has 5 heteroatoms. The van der Waals surface area contributed by atoms with E-state index in [1.165, 1.54) is 6.20 Å². The van der Waals surface area contributed by atoms with Gasteiger partial charge in [0.05, 0.1) is 19.1 Å². The molecule has 0 aliphatic carbocycles. The quantitative estimate of drug-likeness (QED) is 0.843. The predicted molar refractivity (Wildman–Crippen MR) is 80.9 cm³/mol. The zero-order valence-electron chi connectivity index (χ0n) is 12.1. The molecule has 108 valence electrons. The summed E-state index contributed by atoms with van der Waals surface area (Å²) in [5, 5.41) is 11.6. The van der Waals surface area contributed by atoms with Gasteiger partial charge in [-0.1, -0.05) is 17.9 Å². The lowest BCUT2D eigenvalue weighted by Crippen LogP contribution is -2.15. The molecule has 2 aromatic rings. The Morgan fingerprint density at radius 1 is 1.48 bits per heavy atom. The minimum atomic E-state index is -0.215. The number of aliphatic hydroxyl groups excluding tert-OH is 1. The van der Waals surface area contributed by atoms with Gasteiger partial charge in [0.25, 0.3) is 5.91 Å². The Morgan fingerprint density at radius 3 is 2.95 bits per heavy atom. The number of hydrogen-bond donors (Lipinski definition) is 2. The average Bonchev–Trinajstić information content (AvgIpc) is 2.89. The molecular weight excluding hydrogens is 266 g/mol. The van der Waals surface area contributed by atoms with Crippen molar-refractivity contribution in [2.24, 2.45) is 7.05 Å². The first-order valence-corrected chi connectivity index (χ1v) is 6.60. The summed E-state index contributed by atoms with van der Waals surface area (Å²) in [6, 6.07) is 5.57. The number of nitrogens with zero attached hydrogens (tertiary/aromatic N) is 2. The van der Waals surface area contributed by atoms with Crippen molar-refractivity contribution in [3.8, 4) is 11.8 Å². The molecule has 5 nitrogen and oxygen atoms in total. The summed E-state index contributed by atoms with van der Waals surface area (Å²) in [7, 11) is 1.77. The van der Waals surface area contributed by atoms with Crippen LogP contribution in [0.5, 0.6) is 0 Å². The van der Waals surface area contributed by atoms with Crippen LogP contribution in [-0.2, 0) is 7.05 Å². The highest BCUT2D eigenvalue weighted by Gasteiger charge is 2.10. The van der Waals surface area contributed by atoms with Crippen molar-refractivity contribution in [1.29, 1.82) is 0 Å². The molecule has 0 aliphatic heterocycles. The first-order valence-electron chi connectivity index (χ1n) is 6.60. The third-order valence-corrected chi connectivity index (χ3v) is 3.00. The Morgan fingerprint density at radius 2 is 2.29 bits per heavy atom. The lowest BCUT2D eigenvalue weighted by atomic mass is 10.1. The van der Waals surface area contributed by atoms with Gasteiger partial charge in [0.2, 0.25) is 0 Å². The van der Waals surface area contributed by atoms with Crippen molar-refractivity contribution in [3.63, 3.8) is 0 Å². The van der Waals surface area contributed by atoms with Crippen LogP contribution in [0.25, 0.3) is 0 Å². The molecule has 21 heavy (non-hydrogen) atoms. The van der Waals surface area contributed by atoms with E-state index in [1.807, 2.05) is 25.1 Å². The van der Waals surface area contributed by atoms with E-state index in [0.717, 1.165) is 11.1 Å². The van der Waals surface area contributed by atoms with E-state index in [9.17, 15) is 4.79 Å². The smallest absolute Gasteiger partial charge is 0.273 e. The lowest BCUT2D eigenvalue weighted by molar-refractivity contribution is 0.101. The van der Waals surface area contributed by atoms with Crippen LogP contribution in [0, 0.1) is 18.8 Å². The number of carbonyl (C=O) groups excluding carboxylic acids is 1. The summed E-state index contributed by atoms with van der Waals surface area (Å²) in [5.74, 6) is 5.66. The minimum Gasteiger partial charge on any atom is -0.395 e. The molecule has 2 N–H and O–H groups in total. The van der Waals surface area contributed by atoms with E-state index in [2.05, 4.69) is 22.1 Å². The average molecular weight is 283 g/mol. The van der Waals surface area contributed by atoms with Crippen molar-refractivity contribution >= 4 is 11.6 Å². The van der Waals surface area contributed by atoms with Gasteiger partial charge in [-0.3, -0.25) is 4.79 Å². The van der Waals surface area contributed by atoms with Crippen molar-refractivity contribution in [1.82, 2.24) is 9.55 Å². The van der Waals surface area contributed by atoms with E-state index in [4.69, 9.17) is 5.11 Å². The van der Waals surface area contributed by atoms with Crippen LogP contribution in [0.15, 0.2) is 30.7 Å². The van der Waals surface area contributed by atoms with E-state index >= 15 is 0 Å². The summed E-state index contributed by atoms with van der Waals surface area (Å²) in [5.41, 5.74) is 3.04. The number of benzene rings is 1. The zero-order valence-corrected chi connectivity index (χ0v) is 12.1. The second-order valence-corrected chi connectivity index (χ2v) is 4.65. The highest BCUT2D eigenvalue weighted by atomic mass is 16.2. The van der Waals surface area contributed by atoms with Crippen LogP contribution in [-0.4, -0.2) is 27.2 Å². The summed E-state index contributed by atoms with van der Waals surface area (Å²) in [6.07, 6.45) is 3.53. The number of amides is 1. The van der Waals surface area contributed by atoms with Gasteiger partial charge in [0.1, 0.15) is 5.69 Å². The second-order valence-electron chi connectivity index (χ2n) is 4.65. The van der Waals surface area contributed by atoms with Crippen molar-refractivity contribution in [2.75, 3.05) is 11.9 Å². The summed E-state index contributed by atoms with van der Waals surface area (Å²) in [6.45, 7) is 2.00. The Hall–Kier alpha value is -2.58. The van der Waals surface area contributed by atoms with E-state index in [-0.39, 0.29) is 12.5 Å². The van der Waals surface area contributed by atoms with Crippen LogP contribution >= 0.6 is 0 Å². The third kappa shape index (κ3) is 3.71. The van der Waals surface area contributed by atoms with Crippen LogP contribution in [0.2, 0.25) is 0 Å². The Bertz CT molecular complexity index is 708. The van der Waals surface area contributed by atoms with Gasteiger partial charge < -0.3 is 15.0 Å². The number of aromatic nitrogens is 2. The predicted octanol–water partition coefficient (Wildman–Crippen LogP) is 1.71. The fourth-order valence-corrected chi connectivity index (χ4v) is 1.82. The molecule has 1 amide bonds. The molecule has 1 heterocycles. The highest BCUT2D eigenvalue weighted by molar-refractivity contribution is 6.03. The third-order valence-electron chi connectivity index (χ3n) is 3.00. The summed E-state index contributed by atoms with van der Waals surface area (Å²) >= 11 is 0. The topological polar surface area (TPSA) is 67.2 Å². The number of imidazole rings is 1. The van der Waals surface area contributed by atoms with Crippen LogP contribution in [0.1, 0.15) is 28.0 Å². The van der Waals surface area contributed by atoms with Gasteiger partial charge >= 0.3 is 0 Å². The van der Waals surface area contributed by atoms with Gasteiger partial charge in [-0.25, -0.2) is 4.98 Å². The fourth-order valence-electron chi connectivity index (χ4n) is 1.82. The maximum absolute atomic E-state index is 12.1. The molecule has 2 rings (SSSR count). The van der Waals surface area contributed by atoms with Gasteiger partial charge in [-0.15, -0.1) is 0 Å². The van der Waals surface area contributed by atoms with Crippen molar-refractivity contribution in [3.05, 3.63) is 47.5 Å². The monoisotopic (exact) mass is 283 g/mol. The molecule has 0 atom stereocenters. The first-order chi connectivity index (χ1) is 10.1. The number of nitrogens with one attached hydrogen (secondary N) is 1. The molecule has 1 aromatic heterocycles. The molecule has 0 fully saturated rings. The maximum Gasteiger partial charge on any atom is 0.273 e. The van der Waals surface area contributed by atoms with E-state index < -0.39 is 0 Å². The van der Waals surface area contributed by atoms with Gasteiger partial charge in [0.15, 0.2) is 0 Å². The SMILES string of the molecule is Cc1ccc(NC(=O)c2cncn2C)cc1C#CCCO. The number of aryl methyl sites for hydroxylation is 2. The number of aliphatic hydroxyl groups is 1. The van der Waals surface area contributed by atoms with Gasteiger partial charge in [-0.2, -0.15) is 0 Å². The van der Waals surface area contributed by atoms with Crippen molar-refractivity contribution in [2.45, 2.75) is 13.3 Å². The van der Waals surface area contributed by atoms with E-state index in [0.29, 0.717) is 17.8 Å². The number of carbonyl (C=O) groups is 1. The fraction of sp³-hybridized carbons (Fsp3) is 0.250. The maximum atomic E-state index is 12.1. The molecular formula is C16H17N3O2. The first kappa shape index (κ1) is 14.8. The Labute approximate surface area is 123 Å². The molecule has 0 unspecified atom stereocenters. The summed E-state index contributed by atoms with van der Waals surface area (Å²) in [4.78, 5) is 16.0. The molecule has 0 spiro atoms. The molecule has 1 aromatic carbocycles. The number of rotatable bonds is 3.